The molecule has 2 unspecified atom stereocenters. The molecule has 17 heavy (non-hydrogen) atoms. The highest BCUT2D eigenvalue weighted by molar-refractivity contribution is 6.15. The van der Waals surface area contributed by atoms with Crippen molar-refractivity contribution < 1.29 is 19.1 Å². The van der Waals surface area contributed by atoms with E-state index in [1.54, 1.807) is 0 Å². The summed E-state index contributed by atoms with van der Waals surface area (Å²) in [6.07, 6.45) is 1.71. The van der Waals surface area contributed by atoms with E-state index in [0.29, 0.717) is 19.1 Å². The van der Waals surface area contributed by atoms with Crippen LogP contribution >= 0.6 is 0 Å². The molecule has 0 aromatic rings. The second-order valence-corrected chi connectivity index (χ2v) is 4.52. The fourth-order valence-corrected chi connectivity index (χ4v) is 2.06. The number of carbonyl (C=O) groups is 3. The number of nitrogens with zero attached hydrogens (tertiary/aromatic N) is 1. The molecule has 94 valence electrons. The predicted octanol–water partition coefficient (Wildman–Crippen LogP) is 0.127. The molecule has 0 spiro atoms. The largest absolute Gasteiger partial charge is 0.381 e. The number of hydrogen-bond acceptors (Lipinski definition) is 4. The van der Waals surface area contributed by atoms with Crippen LogP contribution in [0.1, 0.15) is 19.8 Å². The Morgan fingerprint density at radius 2 is 2.18 bits per heavy atom. The lowest BCUT2D eigenvalue weighted by Gasteiger charge is -2.28. The molecule has 0 aromatic heterocycles. The van der Waals surface area contributed by atoms with Crippen LogP contribution in [-0.2, 0) is 14.3 Å². The van der Waals surface area contributed by atoms with Crippen LogP contribution in [0.2, 0.25) is 0 Å². The first-order valence-electron chi connectivity index (χ1n) is 5.83. The lowest BCUT2D eigenvalue weighted by atomic mass is 10.0. The smallest absolute Gasteiger partial charge is 0.330 e. The molecular formula is C11H16N2O4. The van der Waals surface area contributed by atoms with Gasteiger partial charge in [0.1, 0.15) is 5.92 Å². The van der Waals surface area contributed by atoms with Crippen LogP contribution in [0.5, 0.6) is 0 Å². The molecule has 2 heterocycles. The Morgan fingerprint density at radius 1 is 1.41 bits per heavy atom. The molecule has 0 saturated carbocycles. The lowest BCUT2D eigenvalue weighted by Crippen LogP contribution is -2.57. The SMILES string of the molecule is CC1C(=O)NC(=O)N(CCC2CCOC2)C1=O. The van der Waals surface area contributed by atoms with Crippen LogP contribution in [0.25, 0.3) is 0 Å². The van der Waals surface area contributed by atoms with Crippen LogP contribution in [0.4, 0.5) is 4.79 Å². The number of nitrogens with one attached hydrogen (secondary N) is 1. The van der Waals surface area contributed by atoms with E-state index in [1.807, 2.05) is 0 Å². The summed E-state index contributed by atoms with van der Waals surface area (Å²) in [5, 5.41) is 2.18. The molecule has 2 aliphatic rings. The van der Waals surface area contributed by atoms with Crippen LogP contribution in [0, 0.1) is 11.8 Å². The summed E-state index contributed by atoms with van der Waals surface area (Å²) < 4.78 is 5.23. The van der Waals surface area contributed by atoms with Crippen molar-refractivity contribution in [3.05, 3.63) is 0 Å². The van der Waals surface area contributed by atoms with Gasteiger partial charge in [0.05, 0.1) is 0 Å². The van der Waals surface area contributed by atoms with Gasteiger partial charge in [-0.15, -0.1) is 0 Å². The lowest BCUT2D eigenvalue weighted by molar-refractivity contribution is -0.141. The standard InChI is InChI=1S/C11H16N2O4/c1-7-9(14)12-11(16)13(10(7)15)4-2-8-3-5-17-6-8/h7-8H,2-6H2,1H3,(H,12,14,16). The Morgan fingerprint density at radius 3 is 2.82 bits per heavy atom. The average molecular weight is 240 g/mol. The Hall–Kier alpha value is -1.43. The second-order valence-electron chi connectivity index (χ2n) is 4.52. The summed E-state index contributed by atoms with van der Waals surface area (Å²) >= 11 is 0. The molecule has 2 aliphatic heterocycles. The summed E-state index contributed by atoms with van der Waals surface area (Å²) in [6, 6.07) is -0.600. The quantitative estimate of drug-likeness (QED) is 0.711. The van der Waals surface area contributed by atoms with Gasteiger partial charge in [0.15, 0.2) is 0 Å². The van der Waals surface area contributed by atoms with E-state index in [4.69, 9.17) is 4.74 Å². The molecule has 2 saturated heterocycles. The van der Waals surface area contributed by atoms with Crippen LogP contribution < -0.4 is 5.32 Å². The van der Waals surface area contributed by atoms with E-state index in [-0.39, 0.29) is 0 Å². The first-order chi connectivity index (χ1) is 8.09. The number of imide groups is 2. The molecule has 0 radical (unpaired) electrons. The van der Waals surface area contributed by atoms with E-state index in [9.17, 15) is 14.4 Å². The van der Waals surface area contributed by atoms with Crippen LogP contribution in [0.3, 0.4) is 0 Å². The van der Waals surface area contributed by atoms with Gasteiger partial charge in [-0.1, -0.05) is 0 Å². The Bertz CT molecular complexity index is 349. The van der Waals surface area contributed by atoms with Crippen molar-refractivity contribution in [2.75, 3.05) is 19.8 Å². The van der Waals surface area contributed by atoms with E-state index in [1.165, 1.54) is 6.92 Å². The molecule has 0 bridgehead atoms. The molecule has 0 aliphatic carbocycles. The van der Waals surface area contributed by atoms with Crippen molar-refractivity contribution in [2.24, 2.45) is 11.8 Å². The number of barbiturate groups is 1. The van der Waals surface area contributed by atoms with E-state index in [0.717, 1.165) is 24.3 Å². The van der Waals surface area contributed by atoms with Crippen LogP contribution in [0.15, 0.2) is 0 Å². The zero-order valence-electron chi connectivity index (χ0n) is 9.77. The summed E-state index contributed by atoms with van der Waals surface area (Å²) in [5.41, 5.74) is 0. The van der Waals surface area contributed by atoms with E-state index in [2.05, 4.69) is 5.32 Å². The maximum absolute atomic E-state index is 11.8. The van der Waals surface area contributed by atoms with Crippen molar-refractivity contribution in [1.29, 1.82) is 0 Å². The Balaban J connectivity index is 1.92. The van der Waals surface area contributed by atoms with Gasteiger partial charge in [0, 0.05) is 19.8 Å². The van der Waals surface area contributed by atoms with Gasteiger partial charge in [-0.2, -0.15) is 0 Å². The van der Waals surface area contributed by atoms with Gasteiger partial charge >= 0.3 is 6.03 Å². The maximum Gasteiger partial charge on any atom is 0.330 e. The zero-order valence-corrected chi connectivity index (χ0v) is 9.77. The summed E-state index contributed by atoms with van der Waals surface area (Å²) in [7, 11) is 0. The third-order valence-corrected chi connectivity index (χ3v) is 3.29. The van der Waals surface area contributed by atoms with Crippen LogP contribution in [-0.4, -0.2) is 42.5 Å². The van der Waals surface area contributed by atoms with Gasteiger partial charge in [-0.25, -0.2) is 4.79 Å². The van der Waals surface area contributed by atoms with E-state index >= 15 is 0 Å². The average Bonchev–Trinajstić information content (AvgIpc) is 2.79. The van der Waals surface area contributed by atoms with Crippen molar-refractivity contribution in [3.8, 4) is 0 Å². The molecule has 2 atom stereocenters. The highest BCUT2D eigenvalue weighted by Crippen LogP contribution is 2.18. The van der Waals surface area contributed by atoms with Gasteiger partial charge in [-0.05, 0) is 25.7 Å². The van der Waals surface area contributed by atoms with Gasteiger partial charge < -0.3 is 4.74 Å². The molecule has 1 N–H and O–H groups in total. The Kier molecular flexibility index (Phi) is 3.42. The fraction of sp³-hybridized carbons (Fsp3) is 0.727. The minimum atomic E-state index is -0.771. The fourth-order valence-electron chi connectivity index (χ4n) is 2.06. The van der Waals surface area contributed by atoms with Gasteiger partial charge in [0.2, 0.25) is 11.8 Å². The molecule has 2 fully saturated rings. The predicted molar refractivity (Wildman–Crippen MR) is 58.0 cm³/mol. The first-order valence-corrected chi connectivity index (χ1v) is 5.83. The number of amides is 4. The molecule has 2 rings (SSSR count). The maximum atomic E-state index is 11.8. The third-order valence-electron chi connectivity index (χ3n) is 3.29. The minimum absolute atomic E-state index is 0.357. The van der Waals surface area contributed by atoms with Gasteiger partial charge in [-0.3, -0.25) is 19.8 Å². The topological polar surface area (TPSA) is 75.7 Å². The normalized spacial score (nSPS) is 29.7. The summed E-state index contributed by atoms with van der Waals surface area (Å²) in [6.45, 7) is 3.31. The number of rotatable bonds is 3. The number of carbonyl (C=O) groups excluding carboxylic acids is 3. The summed E-state index contributed by atoms with van der Waals surface area (Å²) in [4.78, 5) is 35.6. The number of urea groups is 1. The highest BCUT2D eigenvalue weighted by atomic mass is 16.5. The molecule has 0 aromatic carbocycles. The third kappa shape index (κ3) is 2.46. The van der Waals surface area contributed by atoms with Crippen molar-refractivity contribution in [2.45, 2.75) is 19.8 Å². The highest BCUT2D eigenvalue weighted by Gasteiger charge is 2.37. The first kappa shape index (κ1) is 12.0. The second kappa shape index (κ2) is 4.83. The van der Waals surface area contributed by atoms with Gasteiger partial charge in [0.25, 0.3) is 0 Å². The number of ether oxygens (including phenoxy) is 1. The molecule has 6 nitrogen and oxygen atoms in total. The minimum Gasteiger partial charge on any atom is -0.381 e. The monoisotopic (exact) mass is 240 g/mol. The molecule has 6 heteroatoms. The zero-order chi connectivity index (χ0) is 12.4. The van der Waals surface area contributed by atoms with Crippen molar-refractivity contribution >= 4 is 17.8 Å². The number of hydrogen-bond donors (Lipinski definition) is 1. The van der Waals surface area contributed by atoms with E-state index < -0.39 is 23.8 Å². The Labute approximate surface area is 99.3 Å². The molecular weight excluding hydrogens is 224 g/mol. The summed E-state index contributed by atoms with van der Waals surface area (Å²) in [5.74, 6) is -1.28. The van der Waals surface area contributed by atoms with Crippen molar-refractivity contribution in [3.63, 3.8) is 0 Å². The molecule has 4 amide bonds. The van der Waals surface area contributed by atoms with Crippen molar-refractivity contribution in [1.82, 2.24) is 10.2 Å².